The Balaban J connectivity index is 2.19. The summed E-state index contributed by atoms with van der Waals surface area (Å²) in [5.74, 6) is 0. The lowest BCUT2D eigenvalue weighted by Crippen LogP contribution is -1.88. The van der Waals surface area contributed by atoms with E-state index in [1.165, 1.54) is 16.7 Å². The molecule has 2 rings (SSSR count). The van der Waals surface area contributed by atoms with Crippen molar-refractivity contribution in [1.29, 1.82) is 0 Å². The molecule has 0 aliphatic carbocycles. The molecule has 2 aromatic rings. The molecule has 0 aliphatic rings. The van der Waals surface area contributed by atoms with Crippen molar-refractivity contribution in [1.82, 2.24) is 0 Å². The average molecular weight is 181 g/mol. The third kappa shape index (κ3) is 2.23. The van der Waals surface area contributed by atoms with Crippen LogP contribution in [0.2, 0.25) is 0 Å². The van der Waals surface area contributed by atoms with Gasteiger partial charge in [-0.2, -0.15) is 0 Å². The molecule has 0 unspecified atom stereocenters. The summed E-state index contributed by atoms with van der Waals surface area (Å²) in [5.41, 5.74) is 3.90. The Labute approximate surface area is 85.2 Å². The van der Waals surface area contributed by atoms with E-state index in [4.69, 9.17) is 0 Å². The van der Waals surface area contributed by atoms with E-state index in [0.717, 1.165) is 6.42 Å². The minimum Gasteiger partial charge on any atom is -0.0622 e. The van der Waals surface area contributed by atoms with E-state index >= 15 is 0 Å². The first-order valence-corrected chi connectivity index (χ1v) is 4.86. The van der Waals surface area contributed by atoms with Gasteiger partial charge in [-0.3, -0.25) is 0 Å². The minimum absolute atomic E-state index is 0.975. The molecular weight excluding hydrogens is 168 g/mol. The molecule has 0 amide bonds. The van der Waals surface area contributed by atoms with Crippen molar-refractivity contribution >= 4 is 0 Å². The summed E-state index contributed by atoms with van der Waals surface area (Å²) in [6.45, 7) is 2.11. The first kappa shape index (κ1) is 9.01. The van der Waals surface area contributed by atoms with Gasteiger partial charge in [-0.25, -0.2) is 0 Å². The smallest absolute Gasteiger partial charge is 0.00195 e. The Bertz CT molecular complexity index is 401. The van der Waals surface area contributed by atoms with Crippen LogP contribution in [0.5, 0.6) is 0 Å². The second-order valence-corrected chi connectivity index (χ2v) is 3.55. The van der Waals surface area contributed by atoms with Gasteiger partial charge in [0.1, 0.15) is 0 Å². The molecule has 0 aliphatic heterocycles. The largest absolute Gasteiger partial charge is 0.0622 e. The van der Waals surface area contributed by atoms with Crippen LogP contribution in [0.25, 0.3) is 0 Å². The third-order valence-corrected chi connectivity index (χ3v) is 2.25. The Morgan fingerprint density at radius 1 is 1.07 bits per heavy atom. The van der Waals surface area contributed by atoms with E-state index in [0.29, 0.717) is 0 Å². The van der Waals surface area contributed by atoms with Crippen LogP contribution in [0.4, 0.5) is 0 Å². The first-order chi connectivity index (χ1) is 6.84. The first-order valence-electron chi connectivity index (χ1n) is 4.86. The van der Waals surface area contributed by atoms with Gasteiger partial charge in [0.25, 0.3) is 0 Å². The van der Waals surface area contributed by atoms with Crippen molar-refractivity contribution in [3.05, 3.63) is 71.3 Å². The molecule has 0 fully saturated rings. The Morgan fingerprint density at radius 3 is 2.57 bits per heavy atom. The standard InChI is InChI=1S/C14H13/c1-12-6-5-9-14(10-12)11-13-7-3-2-4-8-13/h2-8,10H,11H2,1H3. The number of benzene rings is 2. The molecule has 0 aromatic heterocycles. The predicted octanol–water partition coefficient (Wildman–Crippen LogP) is 3.39. The zero-order valence-corrected chi connectivity index (χ0v) is 8.33. The van der Waals surface area contributed by atoms with Gasteiger partial charge in [0.05, 0.1) is 0 Å². The van der Waals surface area contributed by atoms with Crippen LogP contribution in [0.15, 0.2) is 48.5 Å². The molecular formula is C14H13. The lowest BCUT2D eigenvalue weighted by Gasteiger charge is -2.01. The highest BCUT2D eigenvalue weighted by atomic mass is 14.0. The maximum Gasteiger partial charge on any atom is -0.00195 e. The molecule has 0 heterocycles. The van der Waals surface area contributed by atoms with Crippen LogP contribution >= 0.6 is 0 Å². The summed E-state index contributed by atoms with van der Waals surface area (Å²) in [7, 11) is 0. The van der Waals surface area contributed by atoms with Crippen LogP contribution < -0.4 is 0 Å². The molecule has 0 spiro atoms. The van der Waals surface area contributed by atoms with Gasteiger partial charge in [-0.05, 0) is 30.5 Å². The zero-order valence-electron chi connectivity index (χ0n) is 8.33. The van der Waals surface area contributed by atoms with Gasteiger partial charge in [0.2, 0.25) is 0 Å². The average Bonchev–Trinajstić information content (AvgIpc) is 2.19. The Morgan fingerprint density at radius 2 is 1.86 bits per heavy atom. The van der Waals surface area contributed by atoms with Gasteiger partial charge >= 0.3 is 0 Å². The Kier molecular flexibility index (Phi) is 2.64. The monoisotopic (exact) mass is 181 g/mol. The lowest BCUT2D eigenvalue weighted by atomic mass is 10.0. The highest BCUT2D eigenvalue weighted by Crippen LogP contribution is 2.09. The van der Waals surface area contributed by atoms with Gasteiger partial charge in [0, 0.05) is 0 Å². The normalized spacial score (nSPS) is 10.1. The second-order valence-electron chi connectivity index (χ2n) is 3.55. The fraction of sp³-hybridized carbons (Fsp3) is 0.143. The van der Waals surface area contributed by atoms with Crippen LogP contribution in [-0.2, 0) is 6.42 Å². The minimum atomic E-state index is 0.975. The van der Waals surface area contributed by atoms with E-state index in [-0.39, 0.29) is 0 Å². The van der Waals surface area contributed by atoms with E-state index in [1.807, 2.05) is 12.1 Å². The molecule has 0 heteroatoms. The molecule has 69 valence electrons. The maximum absolute atomic E-state index is 3.26. The number of hydrogen-bond acceptors (Lipinski definition) is 0. The highest BCUT2D eigenvalue weighted by Gasteiger charge is 1.95. The van der Waals surface area contributed by atoms with Crippen molar-refractivity contribution in [2.24, 2.45) is 0 Å². The van der Waals surface area contributed by atoms with Crippen molar-refractivity contribution in [2.45, 2.75) is 13.3 Å². The quantitative estimate of drug-likeness (QED) is 0.666. The fourth-order valence-electron chi connectivity index (χ4n) is 1.56. The van der Waals surface area contributed by atoms with E-state index < -0.39 is 0 Å². The zero-order chi connectivity index (χ0) is 9.80. The summed E-state index contributed by atoms with van der Waals surface area (Å²) in [4.78, 5) is 0. The molecule has 0 atom stereocenters. The number of rotatable bonds is 2. The van der Waals surface area contributed by atoms with Crippen LogP contribution in [0.1, 0.15) is 16.7 Å². The Hall–Kier alpha value is -1.56. The van der Waals surface area contributed by atoms with Crippen molar-refractivity contribution in [3.8, 4) is 0 Å². The predicted molar refractivity (Wildman–Crippen MR) is 59.3 cm³/mol. The summed E-state index contributed by atoms with van der Waals surface area (Å²) >= 11 is 0. The van der Waals surface area contributed by atoms with E-state index in [1.54, 1.807) is 0 Å². The molecule has 0 saturated heterocycles. The molecule has 0 N–H and O–H groups in total. The topological polar surface area (TPSA) is 0 Å². The van der Waals surface area contributed by atoms with Crippen molar-refractivity contribution < 1.29 is 0 Å². The van der Waals surface area contributed by atoms with E-state index in [9.17, 15) is 0 Å². The van der Waals surface area contributed by atoms with Crippen LogP contribution in [0.3, 0.4) is 0 Å². The molecule has 2 aromatic carbocycles. The summed E-state index contributed by atoms with van der Waals surface area (Å²) in [6, 6.07) is 20.0. The summed E-state index contributed by atoms with van der Waals surface area (Å²) in [6.07, 6.45) is 0.975. The van der Waals surface area contributed by atoms with Crippen molar-refractivity contribution in [2.75, 3.05) is 0 Å². The summed E-state index contributed by atoms with van der Waals surface area (Å²) < 4.78 is 0. The third-order valence-electron chi connectivity index (χ3n) is 2.25. The van der Waals surface area contributed by atoms with Crippen LogP contribution in [0, 0.1) is 13.0 Å². The molecule has 0 saturated carbocycles. The molecule has 1 radical (unpaired) electrons. The summed E-state index contributed by atoms with van der Waals surface area (Å²) in [5, 5.41) is 0. The molecule has 14 heavy (non-hydrogen) atoms. The fourth-order valence-corrected chi connectivity index (χ4v) is 1.56. The van der Waals surface area contributed by atoms with Gasteiger partial charge in [-0.15, -0.1) is 0 Å². The molecule has 0 bridgehead atoms. The van der Waals surface area contributed by atoms with Crippen LogP contribution in [-0.4, -0.2) is 0 Å². The molecule has 0 nitrogen and oxygen atoms in total. The number of hydrogen-bond donors (Lipinski definition) is 0. The SMILES string of the molecule is Cc1cc[c]c(Cc2ccccc2)c1. The van der Waals surface area contributed by atoms with Gasteiger partial charge in [-0.1, -0.05) is 54.1 Å². The maximum atomic E-state index is 3.26. The highest BCUT2D eigenvalue weighted by molar-refractivity contribution is 5.27. The van der Waals surface area contributed by atoms with Gasteiger partial charge < -0.3 is 0 Å². The lowest BCUT2D eigenvalue weighted by molar-refractivity contribution is 1.18. The van der Waals surface area contributed by atoms with Gasteiger partial charge in [0.15, 0.2) is 0 Å². The second kappa shape index (κ2) is 4.10. The van der Waals surface area contributed by atoms with Crippen molar-refractivity contribution in [3.63, 3.8) is 0 Å². The number of aryl methyl sites for hydroxylation is 1. The van der Waals surface area contributed by atoms with E-state index in [2.05, 4.69) is 49.4 Å².